The van der Waals surface area contributed by atoms with Gasteiger partial charge in [-0.2, -0.15) is 0 Å². The highest BCUT2D eigenvalue weighted by molar-refractivity contribution is 5.75. The number of rotatable bonds is 12. The summed E-state index contributed by atoms with van der Waals surface area (Å²) in [6.45, 7) is 15.0. The van der Waals surface area contributed by atoms with Crippen LogP contribution >= 0.6 is 0 Å². The van der Waals surface area contributed by atoms with Gasteiger partial charge < -0.3 is 9.96 Å². The van der Waals surface area contributed by atoms with Crippen molar-refractivity contribution in [3.63, 3.8) is 0 Å². The maximum Gasteiger partial charge on any atom is 0.0786 e. The van der Waals surface area contributed by atoms with Crippen LogP contribution in [0.25, 0.3) is 0 Å². The zero-order chi connectivity index (χ0) is 13.0. The summed E-state index contributed by atoms with van der Waals surface area (Å²) in [5.41, 5.74) is 0. The van der Waals surface area contributed by atoms with Gasteiger partial charge >= 0.3 is 0 Å². The minimum absolute atomic E-state index is 0. The lowest BCUT2D eigenvalue weighted by Gasteiger charge is -2.39. The first kappa shape index (κ1) is 24.2. The van der Waals surface area contributed by atoms with E-state index in [9.17, 15) is 0 Å². The normalized spacial score (nSPS) is 10.7. The SMILES string of the molecule is CCCC[N+](CCCC)(CCCC)CCCC.[OH-].[SiH4]. The quantitative estimate of drug-likeness (QED) is 0.400. The highest BCUT2D eigenvalue weighted by atomic mass is 28.1. The van der Waals surface area contributed by atoms with Gasteiger partial charge in [0.15, 0.2) is 0 Å². The van der Waals surface area contributed by atoms with E-state index in [0.717, 1.165) is 0 Å². The van der Waals surface area contributed by atoms with Gasteiger partial charge in [-0.05, 0) is 36.6 Å². The molecule has 0 bridgehead atoms. The van der Waals surface area contributed by atoms with Crippen LogP contribution in [0, 0.1) is 0 Å². The van der Waals surface area contributed by atoms with E-state index in [0.29, 0.717) is 0 Å². The van der Waals surface area contributed by atoms with Gasteiger partial charge in [0.1, 0.15) is 0 Å². The molecule has 0 spiro atoms. The Kier molecular flexibility index (Phi) is 20.6. The average molecular weight is 292 g/mol. The van der Waals surface area contributed by atoms with Crippen molar-refractivity contribution < 1.29 is 9.96 Å². The summed E-state index contributed by atoms with van der Waals surface area (Å²) < 4.78 is 1.42. The van der Waals surface area contributed by atoms with Crippen LogP contribution in [0.2, 0.25) is 0 Å². The van der Waals surface area contributed by atoms with Crippen molar-refractivity contribution in [2.45, 2.75) is 79.1 Å². The summed E-state index contributed by atoms with van der Waals surface area (Å²) in [6.07, 6.45) is 11.1. The Balaban J connectivity index is -0.00000128. The molecule has 0 radical (unpaired) electrons. The van der Waals surface area contributed by atoms with Crippen LogP contribution in [0.3, 0.4) is 0 Å². The molecule has 0 aliphatic carbocycles. The molecule has 0 heterocycles. The van der Waals surface area contributed by atoms with Crippen molar-refractivity contribution >= 4 is 11.0 Å². The molecule has 0 saturated heterocycles. The number of hydrogen-bond donors (Lipinski definition) is 0. The van der Waals surface area contributed by atoms with E-state index in [1.807, 2.05) is 0 Å². The van der Waals surface area contributed by atoms with Crippen LogP contribution in [0.15, 0.2) is 0 Å². The standard InChI is InChI=1S/C16H36N.H2O.H4Si/c1-5-9-13-17(14-10-6-2,15-11-7-3)16-12-8-4;;/h5-16H2,1-4H3;1H2;1H4/q+1;;/p-1. The summed E-state index contributed by atoms with van der Waals surface area (Å²) in [5, 5.41) is 0. The van der Waals surface area contributed by atoms with E-state index in [1.165, 1.54) is 82.0 Å². The molecule has 1 N–H and O–H groups in total. The second-order valence-corrected chi connectivity index (χ2v) is 5.65. The van der Waals surface area contributed by atoms with Crippen molar-refractivity contribution in [2.75, 3.05) is 26.2 Å². The number of unbranched alkanes of at least 4 members (excludes halogenated alkanes) is 4. The maximum atomic E-state index is 2.33. The predicted molar refractivity (Wildman–Crippen MR) is 92.6 cm³/mol. The Hall–Kier alpha value is 0.137. The van der Waals surface area contributed by atoms with Crippen LogP contribution in [0.4, 0.5) is 0 Å². The largest absolute Gasteiger partial charge is 0.870 e. The van der Waals surface area contributed by atoms with Gasteiger partial charge in [0.25, 0.3) is 0 Å². The zero-order valence-electron chi connectivity index (χ0n) is 13.4. The Morgan fingerprint density at radius 2 is 0.737 bits per heavy atom. The Labute approximate surface area is 126 Å². The Morgan fingerprint density at radius 3 is 0.895 bits per heavy atom. The van der Waals surface area contributed by atoms with Crippen molar-refractivity contribution in [1.82, 2.24) is 0 Å². The second kappa shape index (κ2) is 16.2. The first-order chi connectivity index (χ1) is 8.24. The summed E-state index contributed by atoms with van der Waals surface area (Å²) in [7, 11) is 0. The molecule has 0 atom stereocenters. The summed E-state index contributed by atoms with van der Waals surface area (Å²) in [6, 6.07) is 0. The third kappa shape index (κ3) is 11.6. The molecule has 19 heavy (non-hydrogen) atoms. The minimum Gasteiger partial charge on any atom is -0.870 e. The molecule has 0 fully saturated rings. The summed E-state index contributed by atoms with van der Waals surface area (Å²) >= 11 is 0. The fourth-order valence-electron chi connectivity index (χ4n) is 2.64. The molecule has 0 aliphatic rings. The fraction of sp³-hybridized carbons (Fsp3) is 1.00. The molecule has 0 unspecified atom stereocenters. The van der Waals surface area contributed by atoms with Crippen LogP contribution < -0.4 is 0 Å². The number of hydrogen-bond acceptors (Lipinski definition) is 1. The first-order valence-corrected chi connectivity index (χ1v) is 8.09. The van der Waals surface area contributed by atoms with Gasteiger partial charge in [-0.3, -0.25) is 0 Å². The molecule has 0 amide bonds. The number of quaternary nitrogens is 1. The molecule has 0 saturated carbocycles. The van der Waals surface area contributed by atoms with Crippen molar-refractivity contribution in [2.24, 2.45) is 0 Å². The van der Waals surface area contributed by atoms with Crippen molar-refractivity contribution in [3.8, 4) is 0 Å². The maximum absolute atomic E-state index is 2.33. The molecule has 120 valence electrons. The van der Waals surface area contributed by atoms with Crippen molar-refractivity contribution in [3.05, 3.63) is 0 Å². The third-order valence-corrected chi connectivity index (χ3v) is 3.94. The van der Waals surface area contributed by atoms with Gasteiger partial charge in [0.2, 0.25) is 0 Å². The average Bonchev–Trinajstić information content (AvgIpc) is 2.37. The van der Waals surface area contributed by atoms with E-state index in [4.69, 9.17) is 0 Å². The van der Waals surface area contributed by atoms with E-state index in [1.54, 1.807) is 0 Å². The van der Waals surface area contributed by atoms with Crippen molar-refractivity contribution in [1.29, 1.82) is 0 Å². The monoisotopic (exact) mass is 291 g/mol. The van der Waals surface area contributed by atoms with E-state index in [2.05, 4.69) is 27.7 Å². The lowest BCUT2D eigenvalue weighted by molar-refractivity contribution is -0.929. The Bertz CT molecular complexity index is 127. The molecule has 0 aliphatic heterocycles. The van der Waals surface area contributed by atoms with Gasteiger partial charge in [-0.15, -0.1) is 0 Å². The van der Waals surface area contributed by atoms with E-state index in [-0.39, 0.29) is 16.4 Å². The smallest absolute Gasteiger partial charge is 0.0786 e. The van der Waals surface area contributed by atoms with Crippen LogP contribution in [0.5, 0.6) is 0 Å². The molecule has 3 heteroatoms. The van der Waals surface area contributed by atoms with Gasteiger partial charge in [0, 0.05) is 0 Å². The van der Waals surface area contributed by atoms with Crippen LogP contribution in [-0.2, 0) is 0 Å². The minimum atomic E-state index is 0. The highest BCUT2D eigenvalue weighted by Crippen LogP contribution is 2.16. The second-order valence-electron chi connectivity index (χ2n) is 5.65. The fourth-order valence-corrected chi connectivity index (χ4v) is 2.64. The lowest BCUT2D eigenvalue weighted by atomic mass is 10.1. The summed E-state index contributed by atoms with van der Waals surface area (Å²) in [5.74, 6) is 0. The van der Waals surface area contributed by atoms with Crippen LogP contribution in [-0.4, -0.2) is 47.1 Å². The molecular weight excluding hydrogens is 250 g/mol. The zero-order valence-corrected chi connectivity index (χ0v) is 13.4. The molecule has 0 aromatic carbocycles. The number of nitrogens with zero attached hydrogens (tertiary/aromatic N) is 1. The van der Waals surface area contributed by atoms with E-state index >= 15 is 0 Å². The van der Waals surface area contributed by atoms with Gasteiger partial charge in [0.05, 0.1) is 26.2 Å². The molecule has 0 rings (SSSR count). The van der Waals surface area contributed by atoms with Gasteiger partial charge in [-0.25, -0.2) is 0 Å². The highest BCUT2D eigenvalue weighted by Gasteiger charge is 2.24. The lowest BCUT2D eigenvalue weighted by Crippen LogP contribution is -2.50. The molecular formula is C16H41NOSi. The molecule has 0 aromatic rings. The predicted octanol–water partition coefficient (Wildman–Crippen LogP) is 3.38. The third-order valence-electron chi connectivity index (χ3n) is 3.94. The van der Waals surface area contributed by atoms with Gasteiger partial charge in [-0.1, -0.05) is 53.4 Å². The molecule has 2 nitrogen and oxygen atoms in total. The van der Waals surface area contributed by atoms with Crippen LogP contribution in [0.1, 0.15) is 79.1 Å². The summed E-state index contributed by atoms with van der Waals surface area (Å²) in [4.78, 5) is 0. The first-order valence-electron chi connectivity index (χ1n) is 8.09. The topological polar surface area (TPSA) is 30.0 Å². The Morgan fingerprint density at radius 1 is 0.526 bits per heavy atom. The van der Waals surface area contributed by atoms with E-state index < -0.39 is 0 Å². The molecule has 0 aromatic heterocycles.